The molecule has 110 valence electrons. The highest BCUT2D eigenvalue weighted by Crippen LogP contribution is 2.18. The molecule has 1 saturated carbocycles. The predicted molar refractivity (Wildman–Crippen MR) is 79.3 cm³/mol. The van der Waals surface area contributed by atoms with Gasteiger partial charge in [-0.15, -0.1) is 0 Å². The van der Waals surface area contributed by atoms with E-state index in [0.29, 0.717) is 5.56 Å². The Morgan fingerprint density at radius 1 is 1.19 bits per heavy atom. The molecule has 21 heavy (non-hydrogen) atoms. The lowest BCUT2D eigenvalue weighted by molar-refractivity contribution is 0.0867. The van der Waals surface area contributed by atoms with E-state index < -0.39 is 0 Å². The molecule has 5 nitrogen and oxygen atoms in total. The van der Waals surface area contributed by atoms with E-state index in [0.717, 1.165) is 31.4 Å². The second-order valence-electron chi connectivity index (χ2n) is 5.49. The summed E-state index contributed by atoms with van der Waals surface area (Å²) in [5.74, 6) is -0.0985. The van der Waals surface area contributed by atoms with Gasteiger partial charge < -0.3 is 10.4 Å². The Labute approximate surface area is 123 Å². The average Bonchev–Trinajstić information content (AvgIpc) is 3.00. The van der Waals surface area contributed by atoms with Crippen molar-refractivity contribution in [3.05, 3.63) is 48.3 Å². The average molecular weight is 285 g/mol. The minimum atomic E-state index is -0.209. The van der Waals surface area contributed by atoms with Gasteiger partial charge in [0.2, 0.25) is 0 Å². The first-order valence-corrected chi connectivity index (χ1v) is 7.31. The number of aromatic nitrogens is 2. The maximum atomic E-state index is 12.2. The molecule has 0 aliphatic heterocycles. The molecular weight excluding hydrogens is 266 g/mol. The monoisotopic (exact) mass is 285 g/mol. The van der Waals surface area contributed by atoms with Gasteiger partial charge in [-0.3, -0.25) is 4.79 Å². The minimum absolute atomic E-state index is 0.0985. The molecule has 0 spiro atoms. The second-order valence-corrected chi connectivity index (χ2v) is 5.49. The number of nitrogens with one attached hydrogen (secondary N) is 1. The Kier molecular flexibility index (Phi) is 4.01. The Balaban J connectivity index is 1.64. The molecule has 1 aromatic carbocycles. The minimum Gasteiger partial charge on any atom is -0.393 e. The first kappa shape index (κ1) is 13.8. The number of benzene rings is 1. The summed E-state index contributed by atoms with van der Waals surface area (Å²) in [7, 11) is 0. The van der Waals surface area contributed by atoms with Crippen molar-refractivity contribution >= 4 is 5.91 Å². The van der Waals surface area contributed by atoms with Gasteiger partial charge in [0.1, 0.15) is 0 Å². The summed E-state index contributed by atoms with van der Waals surface area (Å²) in [6.45, 7) is 0. The summed E-state index contributed by atoms with van der Waals surface area (Å²) >= 11 is 0. The van der Waals surface area contributed by atoms with Crippen LogP contribution in [0.25, 0.3) is 5.69 Å². The van der Waals surface area contributed by atoms with Crippen molar-refractivity contribution in [1.82, 2.24) is 15.1 Å². The Morgan fingerprint density at radius 3 is 2.62 bits per heavy atom. The summed E-state index contributed by atoms with van der Waals surface area (Å²) in [5.41, 5.74) is 1.49. The molecule has 0 radical (unpaired) electrons. The molecule has 0 atom stereocenters. The van der Waals surface area contributed by atoms with E-state index >= 15 is 0 Å². The van der Waals surface area contributed by atoms with E-state index in [1.165, 1.54) is 0 Å². The fourth-order valence-electron chi connectivity index (χ4n) is 2.65. The number of aliphatic hydroxyl groups excluding tert-OH is 1. The van der Waals surface area contributed by atoms with Crippen LogP contribution in [-0.4, -0.2) is 32.9 Å². The van der Waals surface area contributed by atoms with Crippen LogP contribution in [0.15, 0.2) is 42.7 Å². The van der Waals surface area contributed by atoms with Crippen LogP contribution < -0.4 is 5.32 Å². The van der Waals surface area contributed by atoms with Gasteiger partial charge in [0.25, 0.3) is 5.91 Å². The summed E-state index contributed by atoms with van der Waals surface area (Å²) in [4.78, 5) is 12.2. The Morgan fingerprint density at radius 2 is 1.90 bits per heavy atom. The lowest BCUT2D eigenvalue weighted by Crippen LogP contribution is -2.38. The smallest absolute Gasteiger partial charge is 0.254 e. The lowest BCUT2D eigenvalue weighted by Gasteiger charge is -2.25. The van der Waals surface area contributed by atoms with Crippen LogP contribution in [0.3, 0.4) is 0 Å². The molecular formula is C16H19N3O2. The Hall–Kier alpha value is -2.14. The van der Waals surface area contributed by atoms with E-state index in [2.05, 4.69) is 10.4 Å². The molecule has 1 amide bonds. The normalized spacial score (nSPS) is 22.0. The first-order valence-electron chi connectivity index (χ1n) is 7.31. The number of hydrogen-bond donors (Lipinski definition) is 2. The maximum Gasteiger partial charge on any atom is 0.254 e. The first-order chi connectivity index (χ1) is 10.2. The van der Waals surface area contributed by atoms with Gasteiger partial charge in [0, 0.05) is 12.2 Å². The summed E-state index contributed by atoms with van der Waals surface area (Å²) in [6, 6.07) is 9.85. The highest BCUT2D eigenvalue weighted by atomic mass is 16.3. The molecule has 0 bridgehead atoms. The molecule has 2 N–H and O–H groups in total. The summed E-state index contributed by atoms with van der Waals surface area (Å²) in [6.07, 6.45) is 6.29. The predicted octanol–water partition coefficient (Wildman–Crippen LogP) is 1.91. The van der Waals surface area contributed by atoms with Gasteiger partial charge in [-0.25, -0.2) is 4.68 Å². The van der Waals surface area contributed by atoms with Gasteiger partial charge in [0.15, 0.2) is 0 Å². The number of carbonyl (C=O) groups is 1. The Bertz CT molecular complexity index is 601. The van der Waals surface area contributed by atoms with Crippen molar-refractivity contribution < 1.29 is 9.90 Å². The van der Waals surface area contributed by atoms with Crippen LogP contribution in [0.4, 0.5) is 0 Å². The zero-order valence-electron chi connectivity index (χ0n) is 11.8. The number of carbonyl (C=O) groups excluding carboxylic acids is 1. The van der Waals surface area contributed by atoms with Gasteiger partial charge in [0.05, 0.1) is 23.6 Å². The highest BCUT2D eigenvalue weighted by Gasteiger charge is 2.21. The molecule has 1 aliphatic rings. The molecule has 3 rings (SSSR count). The van der Waals surface area contributed by atoms with E-state index in [9.17, 15) is 9.90 Å². The SMILES string of the molecule is O=C(NC1CCC(O)CC1)c1cnn(-c2ccccc2)c1. The standard InChI is InChI=1S/C16H19N3O2/c20-15-8-6-13(7-9-15)18-16(21)12-10-17-19(11-12)14-4-2-1-3-5-14/h1-5,10-11,13,15,20H,6-9H2,(H,18,21). The number of rotatable bonds is 3. The third-order valence-electron chi connectivity index (χ3n) is 3.90. The van der Waals surface area contributed by atoms with Crippen molar-refractivity contribution in [1.29, 1.82) is 0 Å². The zero-order chi connectivity index (χ0) is 14.7. The number of hydrogen-bond acceptors (Lipinski definition) is 3. The fraction of sp³-hybridized carbons (Fsp3) is 0.375. The topological polar surface area (TPSA) is 67.2 Å². The van der Waals surface area contributed by atoms with E-state index in [1.807, 2.05) is 30.3 Å². The summed E-state index contributed by atoms with van der Waals surface area (Å²) < 4.78 is 1.69. The van der Waals surface area contributed by atoms with E-state index in [4.69, 9.17) is 0 Å². The molecule has 1 aliphatic carbocycles. The zero-order valence-corrected chi connectivity index (χ0v) is 11.8. The fourth-order valence-corrected chi connectivity index (χ4v) is 2.65. The van der Waals surface area contributed by atoms with Gasteiger partial charge in [-0.1, -0.05) is 18.2 Å². The van der Waals surface area contributed by atoms with E-state index in [-0.39, 0.29) is 18.1 Å². The van der Waals surface area contributed by atoms with Gasteiger partial charge in [-0.05, 0) is 37.8 Å². The van der Waals surface area contributed by atoms with Gasteiger partial charge >= 0.3 is 0 Å². The van der Waals surface area contributed by atoms with Crippen LogP contribution in [0.2, 0.25) is 0 Å². The van der Waals surface area contributed by atoms with Gasteiger partial charge in [-0.2, -0.15) is 5.10 Å². The van der Waals surface area contributed by atoms with Crippen molar-refractivity contribution in [3.8, 4) is 5.69 Å². The third kappa shape index (κ3) is 3.31. The number of para-hydroxylation sites is 1. The molecule has 2 aromatic rings. The largest absolute Gasteiger partial charge is 0.393 e. The molecule has 0 saturated heterocycles. The van der Waals surface area contributed by atoms with Crippen LogP contribution in [-0.2, 0) is 0 Å². The van der Waals surface area contributed by atoms with Crippen molar-refractivity contribution in [2.45, 2.75) is 37.8 Å². The van der Waals surface area contributed by atoms with Crippen molar-refractivity contribution in [2.24, 2.45) is 0 Å². The number of aliphatic hydroxyl groups is 1. The van der Waals surface area contributed by atoms with Crippen molar-refractivity contribution in [3.63, 3.8) is 0 Å². The molecule has 1 heterocycles. The quantitative estimate of drug-likeness (QED) is 0.905. The molecule has 0 unspecified atom stereocenters. The highest BCUT2D eigenvalue weighted by molar-refractivity contribution is 5.94. The molecule has 5 heteroatoms. The van der Waals surface area contributed by atoms with E-state index in [1.54, 1.807) is 17.1 Å². The van der Waals surface area contributed by atoms with Crippen LogP contribution in [0.1, 0.15) is 36.0 Å². The van der Waals surface area contributed by atoms with Crippen LogP contribution >= 0.6 is 0 Å². The van der Waals surface area contributed by atoms with Crippen molar-refractivity contribution in [2.75, 3.05) is 0 Å². The summed E-state index contributed by atoms with van der Waals surface area (Å²) in [5, 5.41) is 16.7. The molecule has 1 aromatic heterocycles. The number of amides is 1. The maximum absolute atomic E-state index is 12.2. The molecule has 1 fully saturated rings. The van der Waals surface area contributed by atoms with Crippen LogP contribution in [0.5, 0.6) is 0 Å². The number of nitrogens with zero attached hydrogens (tertiary/aromatic N) is 2. The van der Waals surface area contributed by atoms with Crippen LogP contribution in [0, 0.1) is 0 Å². The third-order valence-corrected chi connectivity index (χ3v) is 3.90. The lowest BCUT2D eigenvalue weighted by atomic mass is 9.93. The second kappa shape index (κ2) is 6.10.